The highest BCUT2D eigenvalue weighted by molar-refractivity contribution is 6.30. The van der Waals surface area contributed by atoms with Crippen molar-refractivity contribution in [2.75, 3.05) is 7.11 Å². The van der Waals surface area contributed by atoms with Crippen molar-refractivity contribution in [3.63, 3.8) is 0 Å². The number of rotatable bonds is 5. The summed E-state index contributed by atoms with van der Waals surface area (Å²) in [7, 11) is 1.61. The summed E-state index contributed by atoms with van der Waals surface area (Å²) in [4.78, 5) is 29.5. The van der Waals surface area contributed by atoms with E-state index in [4.69, 9.17) is 16.3 Å². The van der Waals surface area contributed by atoms with Crippen LogP contribution in [0.2, 0.25) is 5.02 Å². The summed E-state index contributed by atoms with van der Waals surface area (Å²) in [6.07, 6.45) is 4.27. The lowest BCUT2D eigenvalue weighted by atomic mass is 9.99. The van der Waals surface area contributed by atoms with E-state index < -0.39 is 11.6 Å². The molecule has 1 aliphatic heterocycles. The average Bonchev–Trinajstić information content (AvgIpc) is 3.31. The van der Waals surface area contributed by atoms with E-state index in [1.165, 1.54) is 0 Å². The number of aromatic nitrogens is 1. The Balaban J connectivity index is 1.95. The number of nitrogens with one attached hydrogen (secondary N) is 1. The first-order chi connectivity index (χ1) is 17.1. The fraction of sp³-hybridized carbons (Fsp3) is 0.310. The van der Waals surface area contributed by atoms with Crippen LogP contribution in [0.15, 0.2) is 66.9 Å². The molecule has 1 atom stereocenters. The molecule has 0 saturated carbocycles. The van der Waals surface area contributed by atoms with Gasteiger partial charge in [0.15, 0.2) is 0 Å². The number of methoxy groups -OCH3 is 1. The summed E-state index contributed by atoms with van der Waals surface area (Å²) in [5.74, 6) is 0.216. The van der Waals surface area contributed by atoms with E-state index in [0.717, 1.165) is 28.3 Å². The molecule has 36 heavy (non-hydrogen) atoms. The molecular weight excluding hydrogens is 474 g/mol. The van der Waals surface area contributed by atoms with Crippen molar-refractivity contribution in [2.45, 2.75) is 52.2 Å². The Bertz CT molecular complexity index is 1300. The molecule has 2 amide bonds. The number of hydrogen-bond acceptors (Lipinski definition) is 3. The lowest BCUT2D eigenvalue weighted by Crippen LogP contribution is -2.49. The molecule has 0 bridgehead atoms. The number of amides is 2. The van der Waals surface area contributed by atoms with Crippen molar-refractivity contribution in [1.82, 2.24) is 14.8 Å². The Hall–Kier alpha value is -3.51. The predicted octanol–water partition coefficient (Wildman–Crippen LogP) is 5.93. The predicted molar refractivity (Wildman–Crippen MR) is 143 cm³/mol. The SMILES string of the molecule is CC/C1=C/C(=O)N(Cc2ccc(OC)cc2)C(C(=O)NC(C)(C)C)c2cc(Cl)ccc2-n2cccc21. The zero-order valence-corrected chi connectivity index (χ0v) is 22.1. The maximum Gasteiger partial charge on any atom is 0.248 e. The van der Waals surface area contributed by atoms with E-state index in [0.29, 0.717) is 17.0 Å². The normalized spacial score (nSPS) is 17.2. The van der Waals surface area contributed by atoms with Crippen molar-refractivity contribution in [3.05, 3.63) is 88.7 Å². The second-order valence-corrected chi connectivity index (χ2v) is 10.4. The molecule has 7 heteroatoms. The van der Waals surface area contributed by atoms with Crippen LogP contribution in [0.25, 0.3) is 11.3 Å². The monoisotopic (exact) mass is 505 g/mol. The van der Waals surface area contributed by atoms with Gasteiger partial charge in [-0.3, -0.25) is 9.59 Å². The van der Waals surface area contributed by atoms with E-state index in [2.05, 4.69) is 5.32 Å². The van der Waals surface area contributed by atoms with Gasteiger partial charge in [0.05, 0.1) is 12.8 Å². The fourth-order valence-corrected chi connectivity index (χ4v) is 4.70. The molecule has 1 unspecified atom stereocenters. The fourth-order valence-electron chi connectivity index (χ4n) is 4.52. The van der Waals surface area contributed by atoms with Crippen LogP contribution < -0.4 is 10.1 Å². The quantitative estimate of drug-likeness (QED) is 0.467. The summed E-state index contributed by atoms with van der Waals surface area (Å²) < 4.78 is 7.32. The van der Waals surface area contributed by atoms with Crippen LogP contribution in [0.5, 0.6) is 5.75 Å². The molecule has 0 saturated heterocycles. The van der Waals surface area contributed by atoms with Crippen LogP contribution >= 0.6 is 11.6 Å². The van der Waals surface area contributed by atoms with Gasteiger partial charge in [0.1, 0.15) is 11.8 Å². The molecule has 0 fully saturated rings. The molecule has 0 spiro atoms. The number of benzene rings is 2. The number of nitrogens with zero attached hydrogens (tertiary/aromatic N) is 2. The smallest absolute Gasteiger partial charge is 0.248 e. The van der Waals surface area contributed by atoms with Gasteiger partial charge in [-0.15, -0.1) is 0 Å². The number of hydrogen-bond donors (Lipinski definition) is 1. The third kappa shape index (κ3) is 5.34. The molecule has 3 aromatic rings. The standard InChI is InChI=1S/C29H32ClN3O3/c1-6-20-16-26(34)33(18-19-9-12-22(36-5)13-10-19)27(28(35)31-29(2,3)4)23-17-21(30)11-14-25(23)32-15-7-8-24(20)32/h7-17,27H,6,18H2,1-5H3,(H,31,35)/b20-16-. The highest BCUT2D eigenvalue weighted by atomic mass is 35.5. The summed E-state index contributed by atoms with van der Waals surface area (Å²) in [5, 5.41) is 3.59. The van der Waals surface area contributed by atoms with Gasteiger partial charge in [0.25, 0.3) is 0 Å². The van der Waals surface area contributed by atoms with Crippen LogP contribution in [0, 0.1) is 0 Å². The van der Waals surface area contributed by atoms with Crippen LogP contribution in [0.4, 0.5) is 0 Å². The molecule has 0 radical (unpaired) electrons. The first kappa shape index (κ1) is 25.6. The zero-order valence-electron chi connectivity index (χ0n) is 21.3. The Kier molecular flexibility index (Phi) is 7.27. The number of ether oxygens (including phenoxy) is 1. The Morgan fingerprint density at radius 1 is 1.11 bits per heavy atom. The maximum absolute atomic E-state index is 13.9. The maximum atomic E-state index is 13.9. The number of carbonyl (C=O) groups is 2. The molecule has 2 heterocycles. The van der Waals surface area contributed by atoms with E-state index in [1.54, 1.807) is 24.2 Å². The highest BCUT2D eigenvalue weighted by Gasteiger charge is 2.36. The van der Waals surface area contributed by atoms with Crippen LogP contribution in [-0.2, 0) is 16.1 Å². The molecule has 1 aromatic heterocycles. The number of allylic oxidation sites excluding steroid dienone is 1. The van der Waals surface area contributed by atoms with Gasteiger partial charge in [0.2, 0.25) is 11.8 Å². The van der Waals surface area contributed by atoms with E-state index in [9.17, 15) is 9.59 Å². The molecular formula is C29H32ClN3O3. The van der Waals surface area contributed by atoms with Crippen molar-refractivity contribution in [1.29, 1.82) is 0 Å². The molecule has 2 aromatic carbocycles. The molecule has 188 valence electrons. The lowest BCUT2D eigenvalue weighted by molar-refractivity contribution is -0.138. The molecule has 1 N–H and O–H groups in total. The Labute approximate surface area is 217 Å². The van der Waals surface area contributed by atoms with Gasteiger partial charge < -0.3 is 19.5 Å². The van der Waals surface area contributed by atoms with Crippen molar-refractivity contribution in [3.8, 4) is 11.4 Å². The van der Waals surface area contributed by atoms with Gasteiger partial charge >= 0.3 is 0 Å². The molecule has 4 rings (SSSR count). The third-order valence-corrected chi connectivity index (χ3v) is 6.39. The lowest BCUT2D eigenvalue weighted by Gasteiger charge is -2.34. The summed E-state index contributed by atoms with van der Waals surface area (Å²) in [5.41, 5.74) is 3.66. The van der Waals surface area contributed by atoms with Gasteiger partial charge in [-0.25, -0.2) is 0 Å². The average molecular weight is 506 g/mol. The first-order valence-corrected chi connectivity index (χ1v) is 12.4. The first-order valence-electron chi connectivity index (χ1n) is 12.0. The number of halogens is 1. The summed E-state index contributed by atoms with van der Waals surface area (Å²) in [6, 6.07) is 16.1. The Morgan fingerprint density at radius 3 is 2.47 bits per heavy atom. The zero-order chi connectivity index (χ0) is 26.0. The molecule has 0 aliphatic carbocycles. The van der Waals surface area contributed by atoms with E-state index in [1.807, 2.05) is 87.0 Å². The van der Waals surface area contributed by atoms with E-state index >= 15 is 0 Å². The highest BCUT2D eigenvalue weighted by Crippen LogP contribution is 2.36. The van der Waals surface area contributed by atoms with Crippen LogP contribution in [-0.4, -0.2) is 33.9 Å². The second kappa shape index (κ2) is 10.2. The molecule has 6 nitrogen and oxygen atoms in total. The third-order valence-electron chi connectivity index (χ3n) is 6.15. The topological polar surface area (TPSA) is 63.6 Å². The van der Waals surface area contributed by atoms with Crippen LogP contribution in [0.3, 0.4) is 0 Å². The second-order valence-electron chi connectivity index (χ2n) is 9.95. The minimum Gasteiger partial charge on any atom is -0.497 e. The van der Waals surface area contributed by atoms with Crippen molar-refractivity contribution < 1.29 is 14.3 Å². The van der Waals surface area contributed by atoms with Crippen molar-refractivity contribution >= 4 is 29.0 Å². The van der Waals surface area contributed by atoms with Crippen molar-refractivity contribution in [2.24, 2.45) is 0 Å². The molecule has 1 aliphatic rings. The van der Waals surface area contributed by atoms with Gasteiger partial charge in [-0.2, -0.15) is 0 Å². The van der Waals surface area contributed by atoms with Gasteiger partial charge in [-0.05, 0) is 80.8 Å². The van der Waals surface area contributed by atoms with Crippen LogP contribution in [0.1, 0.15) is 57.0 Å². The van der Waals surface area contributed by atoms with Gasteiger partial charge in [-0.1, -0.05) is 30.7 Å². The van der Waals surface area contributed by atoms with E-state index in [-0.39, 0.29) is 18.4 Å². The number of fused-ring (bicyclic) bond motifs is 3. The minimum atomic E-state index is -0.907. The summed E-state index contributed by atoms with van der Waals surface area (Å²) >= 11 is 6.48. The summed E-state index contributed by atoms with van der Waals surface area (Å²) in [6.45, 7) is 8.03. The largest absolute Gasteiger partial charge is 0.497 e. The Morgan fingerprint density at radius 2 is 1.83 bits per heavy atom. The number of carbonyl (C=O) groups excluding carboxylic acids is 2. The van der Waals surface area contributed by atoms with Gasteiger partial charge in [0, 0.05) is 40.6 Å². The minimum absolute atomic E-state index is 0.236.